The summed E-state index contributed by atoms with van der Waals surface area (Å²) >= 11 is 5.75. The Balaban J connectivity index is 1.50. The van der Waals surface area contributed by atoms with Gasteiger partial charge in [0.25, 0.3) is 0 Å². The first-order valence-electron chi connectivity index (χ1n) is 9.30. The summed E-state index contributed by atoms with van der Waals surface area (Å²) in [6.07, 6.45) is 1.39. The average molecular weight is 404 g/mol. The van der Waals surface area contributed by atoms with Crippen molar-refractivity contribution in [3.63, 3.8) is 0 Å². The first kappa shape index (κ1) is 20.3. The third kappa shape index (κ3) is 5.09. The van der Waals surface area contributed by atoms with Crippen molar-refractivity contribution in [3.05, 3.63) is 59.4 Å². The smallest absolute Gasteiger partial charge is 0.241 e. The molecule has 2 N–H and O–H groups in total. The molecule has 1 aliphatic rings. The zero-order chi connectivity index (χ0) is 20.1. The molecule has 1 atom stereocenters. The lowest BCUT2D eigenvalue weighted by Gasteiger charge is -2.34. The van der Waals surface area contributed by atoms with E-state index in [0.717, 1.165) is 5.69 Å². The Morgan fingerprint density at radius 3 is 2.39 bits per heavy atom. The van der Waals surface area contributed by atoms with Crippen molar-refractivity contribution in [1.82, 2.24) is 4.90 Å². The summed E-state index contributed by atoms with van der Waals surface area (Å²) in [5, 5.41) is 5.67. The maximum Gasteiger partial charge on any atom is 0.241 e. The predicted octanol–water partition coefficient (Wildman–Crippen LogP) is 4.16. The van der Waals surface area contributed by atoms with Crippen LogP contribution in [0.3, 0.4) is 0 Å². The van der Waals surface area contributed by atoms with Gasteiger partial charge >= 0.3 is 0 Å². The summed E-state index contributed by atoms with van der Waals surface area (Å²) in [7, 11) is 0. The molecule has 0 spiro atoms. The topological polar surface area (TPSA) is 61.4 Å². The van der Waals surface area contributed by atoms with Crippen molar-refractivity contribution < 1.29 is 14.0 Å². The number of carbonyl (C=O) groups excluding carboxylic acids is 2. The van der Waals surface area contributed by atoms with Gasteiger partial charge in [-0.1, -0.05) is 29.8 Å². The second kappa shape index (κ2) is 9.17. The van der Waals surface area contributed by atoms with E-state index in [1.54, 1.807) is 0 Å². The fourth-order valence-corrected chi connectivity index (χ4v) is 3.48. The Kier molecular flexibility index (Phi) is 6.65. The molecule has 0 radical (unpaired) electrons. The van der Waals surface area contributed by atoms with Gasteiger partial charge in [0.1, 0.15) is 5.82 Å². The normalized spacial score (nSPS) is 16.4. The third-order valence-electron chi connectivity index (χ3n) is 5.06. The Hall–Kier alpha value is -2.44. The molecule has 1 fully saturated rings. The fraction of sp³-hybridized carbons (Fsp3) is 0.333. The highest BCUT2D eigenvalue weighted by Crippen LogP contribution is 2.23. The predicted molar refractivity (Wildman–Crippen MR) is 109 cm³/mol. The summed E-state index contributed by atoms with van der Waals surface area (Å²) in [6, 6.07) is 13.1. The van der Waals surface area contributed by atoms with Gasteiger partial charge in [0.2, 0.25) is 11.8 Å². The van der Waals surface area contributed by atoms with Gasteiger partial charge in [-0.2, -0.15) is 0 Å². The Morgan fingerprint density at radius 2 is 1.75 bits per heavy atom. The minimum Gasteiger partial charge on any atom is -0.326 e. The molecule has 0 aromatic heterocycles. The van der Waals surface area contributed by atoms with Gasteiger partial charge in [-0.25, -0.2) is 4.39 Å². The van der Waals surface area contributed by atoms with Crippen molar-refractivity contribution in [2.75, 3.05) is 23.7 Å². The van der Waals surface area contributed by atoms with Crippen molar-refractivity contribution in [2.45, 2.75) is 25.8 Å². The van der Waals surface area contributed by atoms with E-state index in [1.807, 2.05) is 42.2 Å². The lowest BCUT2D eigenvalue weighted by Crippen LogP contribution is -2.47. The summed E-state index contributed by atoms with van der Waals surface area (Å²) < 4.78 is 13.2. The number of hydrogen-bond donors (Lipinski definition) is 2. The molecule has 1 unspecified atom stereocenters. The van der Waals surface area contributed by atoms with Crippen LogP contribution in [0.2, 0.25) is 5.02 Å². The van der Waals surface area contributed by atoms with Gasteiger partial charge in [0, 0.05) is 17.3 Å². The number of halogens is 2. The standard InChI is InChI=1S/C21H23ClFN3O2/c1-14(20(27)25-17-7-8-19(23)18(22)13-17)26-11-9-15(10-12-26)21(28)24-16-5-3-2-4-6-16/h2-8,13-15H,9-12H2,1H3,(H,24,28)(H,25,27). The van der Waals surface area contributed by atoms with Gasteiger partial charge in [0.15, 0.2) is 0 Å². The lowest BCUT2D eigenvalue weighted by molar-refractivity contribution is -0.123. The number of para-hydroxylation sites is 1. The van der Waals surface area contributed by atoms with E-state index < -0.39 is 5.82 Å². The third-order valence-corrected chi connectivity index (χ3v) is 5.35. The molecule has 7 heteroatoms. The highest BCUT2D eigenvalue weighted by Gasteiger charge is 2.29. The maximum atomic E-state index is 13.2. The molecule has 1 heterocycles. The summed E-state index contributed by atoms with van der Waals surface area (Å²) in [5.41, 5.74) is 1.25. The summed E-state index contributed by atoms with van der Waals surface area (Å²) in [5.74, 6) is -0.759. The van der Waals surface area contributed by atoms with Crippen LogP contribution in [0.5, 0.6) is 0 Å². The van der Waals surface area contributed by atoms with Gasteiger partial charge < -0.3 is 10.6 Å². The van der Waals surface area contributed by atoms with Crippen LogP contribution in [-0.2, 0) is 9.59 Å². The molecule has 2 aromatic rings. The van der Waals surface area contributed by atoms with Crippen molar-refractivity contribution in [1.29, 1.82) is 0 Å². The molecule has 1 saturated heterocycles. The second-order valence-corrected chi connectivity index (χ2v) is 7.37. The highest BCUT2D eigenvalue weighted by molar-refractivity contribution is 6.31. The van der Waals surface area contributed by atoms with Crippen molar-refractivity contribution in [3.8, 4) is 0 Å². The van der Waals surface area contributed by atoms with E-state index in [-0.39, 0.29) is 28.8 Å². The van der Waals surface area contributed by atoms with E-state index >= 15 is 0 Å². The van der Waals surface area contributed by atoms with E-state index in [9.17, 15) is 14.0 Å². The van der Waals surface area contributed by atoms with E-state index in [1.165, 1.54) is 18.2 Å². The van der Waals surface area contributed by atoms with Crippen LogP contribution < -0.4 is 10.6 Å². The van der Waals surface area contributed by atoms with E-state index in [2.05, 4.69) is 10.6 Å². The molecule has 0 bridgehead atoms. The number of amides is 2. The van der Waals surface area contributed by atoms with Gasteiger partial charge in [0.05, 0.1) is 11.1 Å². The first-order chi connectivity index (χ1) is 13.4. The largest absolute Gasteiger partial charge is 0.326 e. The number of carbonyl (C=O) groups is 2. The van der Waals surface area contributed by atoms with Crippen molar-refractivity contribution >= 4 is 34.8 Å². The molecule has 5 nitrogen and oxygen atoms in total. The first-order valence-corrected chi connectivity index (χ1v) is 9.67. The Morgan fingerprint density at radius 1 is 1.07 bits per heavy atom. The van der Waals surface area contributed by atoms with E-state index in [4.69, 9.17) is 11.6 Å². The number of piperidine rings is 1. The van der Waals surface area contributed by atoms with E-state index in [0.29, 0.717) is 31.6 Å². The average Bonchev–Trinajstić information content (AvgIpc) is 2.71. The monoisotopic (exact) mass is 403 g/mol. The van der Waals surface area contributed by atoms with Crippen LogP contribution in [0.1, 0.15) is 19.8 Å². The number of likely N-dealkylation sites (tertiary alicyclic amines) is 1. The Labute approximate surface area is 168 Å². The number of nitrogens with zero attached hydrogens (tertiary/aromatic N) is 1. The van der Waals surface area contributed by atoms with Crippen molar-refractivity contribution in [2.24, 2.45) is 5.92 Å². The molecule has 28 heavy (non-hydrogen) atoms. The zero-order valence-electron chi connectivity index (χ0n) is 15.6. The molecule has 0 saturated carbocycles. The number of anilines is 2. The summed E-state index contributed by atoms with van der Waals surface area (Å²) in [6.45, 7) is 3.14. The molecular weight excluding hydrogens is 381 g/mol. The molecule has 1 aliphatic heterocycles. The van der Waals surface area contributed by atoms with Crippen LogP contribution in [-0.4, -0.2) is 35.8 Å². The zero-order valence-corrected chi connectivity index (χ0v) is 16.4. The minimum absolute atomic E-state index is 0.0175. The summed E-state index contributed by atoms with van der Waals surface area (Å²) in [4.78, 5) is 27.0. The number of rotatable bonds is 5. The van der Waals surface area contributed by atoms with Gasteiger partial charge in [-0.15, -0.1) is 0 Å². The molecule has 3 rings (SSSR count). The number of nitrogens with one attached hydrogen (secondary N) is 2. The molecule has 0 aliphatic carbocycles. The molecular formula is C21H23ClFN3O2. The maximum absolute atomic E-state index is 13.2. The van der Waals surface area contributed by atoms with Crippen LogP contribution in [0, 0.1) is 11.7 Å². The number of hydrogen-bond acceptors (Lipinski definition) is 3. The van der Waals surface area contributed by atoms with Crippen LogP contribution in [0.25, 0.3) is 0 Å². The molecule has 148 valence electrons. The van der Waals surface area contributed by atoms with Gasteiger partial charge in [-0.05, 0) is 63.2 Å². The molecule has 2 aromatic carbocycles. The van der Waals surface area contributed by atoms with Gasteiger partial charge in [-0.3, -0.25) is 14.5 Å². The lowest BCUT2D eigenvalue weighted by atomic mass is 9.94. The van der Waals surface area contributed by atoms with Crippen LogP contribution >= 0.6 is 11.6 Å². The molecule has 2 amide bonds. The van der Waals surface area contributed by atoms with Crippen LogP contribution in [0.4, 0.5) is 15.8 Å². The highest BCUT2D eigenvalue weighted by atomic mass is 35.5. The Bertz CT molecular complexity index is 839. The SMILES string of the molecule is CC(C(=O)Nc1ccc(F)c(Cl)c1)N1CCC(C(=O)Nc2ccccc2)CC1. The minimum atomic E-state index is -0.524. The fourth-order valence-electron chi connectivity index (χ4n) is 3.30. The quantitative estimate of drug-likeness (QED) is 0.788. The number of benzene rings is 2. The second-order valence-electron chi connectivity index (χ2n) is 6.96. The van der Waals surface area contributed by atoms with Crippen LogP contribution in [0.15, 0.2) is 48.5 Å².